The van der Waals surface area contributed by atoms with Crippen molar-refractivity contribution in [3.8, 4) is 10.6 Å². The molecule has 2 aromatic rings. The monoisotopic (exact) mass is 591 g/mol. The molecule has 2 heterocycles. The summed E-state index contributed by atoms with van der Waals surface area (Å²) < 4.78 is 21.7. The molecule has 0 bridgehead atoms. The topological polar surface area (TPSA) is 125 Å². The molecule has 1 saturated heterocycles. The number of carbonyl (C=O) groups is 3. The molecule has 1 aromatic heterocycles. The van der Waals surface area contributed by atoms with Crippen molar-refractivity contribution in [3.63, 3.8) is 0 Å². The van der Waals surface area contributed by atoms with Gasteiger partial charge in [0.15, 0.2) is 8.32 Å². The lowest BCUT2D eigenvalue weighted by molar-refractivity contribution is -0.143. The maximum atomic E-state index is 12.9. The lowest BCUT2D eigenvalue weighted by Crippen LogP contribution is -2.49. The van der Waals surface area contributed by atoms with Crippen LogP contribution in [0, 0.1) is 5.92 Å². The minimum Gasteiger partial charge on any atom is -0.467 e. The van der Waals surface area contributed by atoms with E-state index in [4.69, 9.17) is 18.6 Å². The van der Waals surface area contributed by atoms with Crippen LogP contribution in [0.3, 0.4) is 0 Å². The van der Waals surface area contributed by atoms with E-state index in [1.807, 2.05) is 24.3 Å². The summed E-state index contributed by atoms with van der Waals surface area (Å²) in [6.45, 7) is 12.7. The first kappa shape index (κ1) is 31.7. The van der Waals surface area contributed by atoms with Gasteiger partial charge >= 0.3 is 12.1 Å². The molecule has 40 heavy (non-hydrogen) atoms. The molecule has 10 nitrogen and oxygen atoms in total. The van der Waals surface area contributed by atoms with Crippen LogP contribution in [0.25, 0.3) is 10.6 Å². The minimum atomic E-state index is -2.13. The predicted molar refractivity (Wildman–Crippen MR) is 156 cm³/mol. The van der Waals surface area contributed by atoms with Gasteiger partial charge in [-0.3, -0.25) is 4.79 Å². The van der Waals surface area contributed by atoms with Crippen LogP contribution < -0.4 is 10.6 Å². The molecule has 1 aliphatic rings. The Labute approximate surface area is 241 Å². The molecule has 2 N–H and O–H groups in total. The molecule has 1 aliphatic heterocycles. The largest absolute Gasteiger partial charge is 0.467 e. The summed E-state index contributed by atoms with van der Waals surface area (Å²) in [6.07, 6.45) is 1.38. The van der Waals surface area contributed by atoms with E-state index in [0.29, 0.717) is 37.3 Å². The van der Waals surface area contributed by atoms with Gasteiger partial charge in [0, 0.05) is 30.7 Å². The zero-order valence-electron chi connectivity index (χ0n) is 24.2. The highest BCUT2D eigenvalue weighted by Crippen LogP contribution is 2.36. The second-order valence-corrected chi connectivity index (χ2v) is 17.0. The normalized spacial score (nSPS) is 15.2. The highest BCUT2D eigenvalue weighted by Gasteiger charge is 2.38. The Morgan fingerprint density at radius 3 is 2.45 bits per heavy atom. The van der Waals surface area contributed by atoms with Crippen molar-refractivity contribution in [2.45, 2.75) is 64.3 Å². The molecule has 0 unspecified atom stereocenters. The van der Waals surface area contributed by atoms with E-state index in [-0.39, 0.29) is 17.3 Å². The summed E-state index contributed by atoms with van der Waals surface area (Å²) in [6, 6.07) is 6.61. The molecule has 12 heteroatoms. The van der Waals surface area contributed by atoms with Crippen molar-refractivity contribution in [2.24, 2.45) is 5.92 Å². The molecule has 0 aliphatic carbocycles. The standard InChI is InChI=1S/C28H41N3O7SSi/c1-28(2,3)40(5,6)38-17-22(26(33)35-4)30-24(32)23-18-39-25(31-23)21-9-7-19(8-10-21)15-29-27(34)37-16-20-11-13-36-14-12-20/h7-10,18,20,22H,11-17H2,1-6H3,(H,29,34)(H,30,32)/t22-/m0/s1. The molecular weight excluding hydrogens is 550 g/mol. The Kier molecular flexibility index (Phi) is 11.3. The van der Waals surface area contributed by atoms with Crippen molar-refractivity contribution < 1.29 is 33.0 Å². The predicted octanol–water partition coefficient (Wildman–Crippen LogP) is 4.76. The Morgan fingerprint density at radius 2 is 1.82 bits per heavy atom. The van der Waals surface area contributed by atoms with Gasteiger partial charge in [-0.1, -0.05) is 45.0 Å². The smallest absolute Gasteiger partial charge is 0.407 e. The van der Waals surface area contributed by atoms with Crippen molar-refractivity contribution in [1.29, 1.82) is 0 Å². The average molecular weight is 592 g/mol. The third-order valence-corrected chi connectivity index (χ3v) is 12.8. The van der Waals surface area contributed by atoms with E-state index in [1.54, 1.807) is 5.38 Å². The third-order valence-electron chi connectivity index (χ3n) is 7.37. The second-order valence-electron chi connectivity index (χ2n) is 11.4. The second kappa shape index (κ2) is 14.2. The number of carbonyl (C=O) groups excluding carboxylic acids is 3. The molecule has 0 radical (unpaired) electrons. The molecule has 1 atom stereocenters. The number of rotatable bonds is 11. The Hall–Kier alpha value is -2.80. The van der Waals surface area contributed by atoms with E-state index in [1.165, 1.54) is 18.4 Å². The number of hydrogen-bond acceptors (Lipinski definition) is 9. The number of alkyl carbamates (subject to hydrolysis) is 1. The Morgan fingerprint density at radius 1 is 1.15 bits per heavy atom. The van der Waals surface area contributed by atoms with Crippen LogP contribution in [0.5, 0.6) is 0 Å². The highest BCUT2D eigenvalue weighted by atomic mass is 32.1. The van der Waals surface area contributed by atoms with Crippen LogP contribution in [-0.4, -0.2) is 70.9 Å². The number of nitrogens with one attached hydrogen (secondary N) is 2. The quantitative estimate of drug-likeness (QED) is 0.283. The van der Waals surface area contributed by atoms with Gasteiger partial charge in [-0.25, -0.2) is 14.6 Å². The summed E-state index contributed by atoms with van der Waals surface area (Å²) in [5, 5.41) is 7.75. The summed E-state index contributed by atoms with van der Waals surface area (Å²) >= 11 is 1.33. The van der Waals surface area contributed by atoms with Crippen molar-refractivity contribution in [1.82, 2.24) is 15.6 Å². The first-order chi connectivity index (χ1) is 18.9. The SMILES string of the molecule is COC(=O)[C@H](CO[Si](C)(C)C(C)(C)C)NC(=O)c1csc(-c2ccc(CNC(=O)OCC3CCOCC3)cc2)n1. The fraction of sp³-hybridized carbons (Fsp3) is 0.571. The number of esters is 1. The molecule has 220 valence electrons. The summed E-state index contributed by atoms with van der Waals surface area (Å²) in [5.41, 5.74) is 1.95. The lowest BCUT2D eigenvalue weighted by Gasteiger charge is -2.37. The van der Waals surface area contributed by atoms with Gasteiger partial charge in [-0.2, -0.15) is 0 Å². The van der Waals surface area contributed by atoms with Gasteiger partial charge in [0.25, 0.3) is 5.91 Å². The Balaban J connectivity index is 1.53. The average Bonchev–Trinajstić information content (AvgIpc) is 3.43. The van der Waals surface area contributed by atoms with E-state index >= 15 is 0 Å². The van der Waals surface area contributed by atoms with Gasteiger partial charge in [0.1, 0.15) is 16.7 Å². The van der Waals surface area contributed by atoms with Crippen LogP contribution in [0.1, 0.15) is 49.7 Å². The van der Waals surface area contributed by atoms with E-state index in [0.717, 1.165) is 24.0 Å². The number of benzene rings is 1. The lowest BCUT2D eigenvalue weighted by atomic mass is 10.0. The number of methoxy groups -OCH3 is 1. The fourth-order valence-corrected chi connectivity index (χ4v) is 5.48. The van der Waals surface area contributed by atoms with E-state index in [9.17, 15) is 14.4 Å². The summed E-state index contributed by atoms with van der Waals surface area (Å²) in [5.74, 6) is -0.693. The fourth-order valence-electron chi connectivity index (χ4n) is 3.66. The first-order valence-electron chi connectivity index (χ1n) is 13.5. The molecule has 3 rings (SSSR count). The Bertz CT molecular complexity index is 1140. The van der Waals surface area contributed by atoms with Crippen LogP contribution in [0.4, 0.5) is 4.79 Å². The van der Waals surface area contributed by atoms with Gasteiger partial charge in [0.05, 0.1) is 20.3 Å². The van der Waals surface area contributed by atoms with Crippen LogP contribution in [0.2, 0.25) is 18.1 Å². The van der Waals surface area contributed by atoms with Crippen LogP contribution in [-0.2, 0) is 30.0 Å². The van der Waals surface area contributed by atoms with Gasteiger partial charge in [-0.05, 0) is 42.5 Å². The molecule has 0 spiro atoms. The molecule has 0 saturated carbocycles. The highest BCUT2D eigenvalue weighted by molar-refractivity contribution is 7.13. The zero-order chi connectivity index (χ0) is 29.3. The number of hydrogen-bond donors (Lipinski definition) is 2. The number of thiazole rings is 1. The van der Waals surface area contributed by atoms with Crippen molar-refractivity contribution in [3.05, 3.63) is 40.9 Å². The number of ether oxygens (including phenoxy) is 3. The van der Waals surface area contributed by atoms with Gasteiger partial charge < -0.3 is 29.3 Å². The number of nitrogens with zero attached hydrogens (tertiary/aromatic N) is 1. The summed E-state index contributed by atoms with van der Waals surface area (Å²) in [7, 11) is -0.851. The summed E-state index contributed by atoms with van der Waals surface area (Å²) in [4.78, 5) is 41.8. The molecule has 2 amide bonds. The molecule has 1 fully saturated rings. The van der Waals surface area contributed by atoms with Crippen LogP contribution >= 0.6 is 11.3 Å². The van der Waals surface area contributed by atoms with Gasteiger partial charge in [-0.15, -0.1) is 11.3 Å². The molecular formula is C28H41N3O7SSi. The molecule has 1 aromatic carbocycles. The van der Waals surface area contributed by atoms with Crippen LogP contribution in [0.15, 0.2) is 29.6 Å². The number of aromatic nitrogens is 1. The van der Waals surface area contributed by atoms with Crippen molar-refractivity contribution in [2.75, 3.05) is 33.5 Å². The van der Waals surface area contributed by atoms with E-state index in [2.05, 4.69) is 49.5 Å². The van der Waals surface area contributed by atoms with Gasteiger partial charge in [0.2, 0.25) is 0 Å². The maximum absolute atomic E-state index is 12.9. The minimum absolute atomic E-state index is 0.0322. The maximum Gasteiger partial charge on any atom is 0.407 e. The first-order valence-corrected chi connectivity index (χ1v) is 17.2. The number of amides is 2. The zero-order valence-corrected chi connectivity index (χ0v) is 26.0. The third kappa shape index (κ3) is 9.12. The van der Waals surface area contributed by atoms with E-state index < -0.39 is 32.3 Å². The van der Waals surface area contributed by atoms with Crippen molar-refractivity contribution >= 4 is 37.6 Å².